The molecule has 0 aromatic heterocycles. The molecule has 1 aliphatic heterocycles. The highest BCUT2D eigenvalue weighted by molar-refractivity contribution is 6.35. The number of carbonyl (C=O) groups is 2. The number of carbonyl (C=O) groups excluding carboxylic acids is 2. The Kier molecular flexibility index (Phi) is 5.53. The summed E-state index contributed by atoms with van der Waals surface area (Å²) in [5, 5.41) is 6.92. The molecule has 120 valence electrons. The molecule has 0 saturated heterocycles. The molecule has 1 aliphatic rings. The minimum absolute atomic E-state index is 0.0741. The minimum Gasteiger partial charge on any atom is -0.467 e. The smallest absolute Gasteiger partial charge is 0.328 e. The molecule has 2 atom stereocenters. The fraction of sp³-hybridized carbons (Fsp3) is 0.467. The predicted octanol–water partition coefficient (Wildman–Crippen LogP) is 3.31. The fourth-order valence-corrected chi connectivity index (χ4v) is 3.21. The lowest BCUT2D eigenvalue weighted by Crippen LogP contribution is -2.41. The molecule has 0 aliphatic carbocycles. The highest BCUT2D eigenvalue weighted by Crippen LogP contribution is 2.40. The summed E-state index contributed by atoms with van der Waals surface area (Å²) in [6.07, 6.45) is 1.54. The number of amides is 1. The molecule has 7 heteroatoms. The van der Waals surface area contributed by atoms with E-state index in [0.29, 0.717) is 28.6 Å². The molecular weight excluding hydrogens is 327 g/mol. The van der Waals surface area contributed by atoms with Crippen molar-refractivity contribution in [1.29, 1.82) is 0 Å². The summed E-state index contributed by atoms with van der Waals surface area (Å²) < 4.78 is 4.79. The zero-order valence-corrected chi connectivity index (χ0v) is 13.9. The van der Waals surface area contributed by atoms with Gasteiger partial charge in [-0.25, -0.2) is 4.79 Å². The first kappa shape index (κ1) is 16.9. The van der Waals surface area contributed by atoms with E-state index in [0.717, 1.165) is 12.0 Å². The number of ether oxygens (including phenoxy) is 1. The molecule has 0 spiro atoms. The van der Waals surface area contributed by atoms with Crippen LogP contribution in [0.5, 0.6) is 0 Å². The Balaban J connectivity index is 2.35. The number of nitrogens with one attached hydrogen (secondary N) is 2. The lowest BCUT2D eigenvalue weighted by Gasteiger charge is -2.33. The Bertz CT molecular complexity index is 592. The van der Waals surface area contributed by atoms with Crippen LogP contribution in [0.25, 0.3) is 0 Å². The molecule has 1 aromatic carbocycles. The number of benzene rings is 1. The van der Waals surface area contributed by atoms with Gasteiger partial charge in [-0.05, 0) is 18.6 Å². The van der Waals surface area contributed by atoms with Gasteiger partial charge in [-0.1, -0.05) is 30.1 Å². The van der Waals surface area contributed by atoms with Crippen molar-refractivity contribution in [3.8, 4) is 0 Å². The van der Waals surface area contributed by atoms with Gasteiger partial charge in [0.15, 0.2) is 0 Å². The van der Waals surface area contributed by atoms with Gasteiger partial charge in [-0.2, -0.15) is 0 Å². The number of hydrogen-bond donors (Lipinski definition) is 2. The number of fused-ring (bicyclic) bond motifs is 1. The summed E-state index contributed by atoms with van der Waals surface area (Å²) in [6, 6.07) is 2.40. The summed E-state index contributed by atoms with van der Waals surface area (Å²) >= 11 is 12.3. The van der Waals surface area contributed by atoms with E-state index in [9.17, 15) is 9.59 Å². The molecule has 1 heterocycles. The molecule has 5 nitrogen and oxygen atoms in total. The van der Waals surface area contributed by atoms with Crippen LogP contribution >= 0.6 is 23.2 Å². The number of rotatable bonds is 4. The first-order valence-electron chi connectivity index (χ1n) is 7.09. The van der Waals surface area contributed by atoms with Gasteiger partial charge >= 0.3 is 5.97 Å². The Morgan fingerprint density at radius 2 is 2.14 bits per heavy atom. The van der Waals surface area contributed by atoms with E-state index in [1.807, 2.05) is 6.92 Å². The number of hydrogen-bond acceptors (Lipinski definition) is 4. The summed E-state index contributed by atoms with van der Waals surface area (Å²) in [7, 11) is 1.33. The van der Waals surface area contributed by atoms with Crippen LogP contribution in [-0.4, -0.2) is 25.0 Å². The topological polar surface area (TPSA) is 67.4 Å². The highest BCUT2D eigenvalue weighted by Gasteiger charge is 2.33. The summed E-state index contributed by atoms with van der Waals surface area (Å²) in [6.45, 7) is 1.93. The molecule has 1 amide bonds. The molecule has 0 saturated carbocycles. The van der Waals surface area contributed by atoms with Crippen molar-refractivity contribution in [3.63, 3.8) is 0 Å². The number of anilines is 1. The number of halogens is 2. The lowest BCUT2D eigenvalue weighted by atomic mass is 9.92. The molecule has 1 aromatic rings. The third-order valence-electron chi connectivity index (χ3n) is 3.54. The standard InChI is InChI=1S/C15H18Cl2N2O3/c1-3-4-13(20)19-11-7-12(15(21)22-2)18-10-6-8(16)5-9(17)14(10)11/h5-6,11-12,18H,3-4,7H2,1-2H3,(H,19,20). The second-order valence-electron chi connectivity index (χ2n) is 5.17. The molecule has 2 N–H and O–H groups in total. The SMILES string of the molecule is CCCC(=O)NC1CC(C(=O)OC)Nc2cc(Cl)cc(Cl)c21. The molecular formula is C15H18Cl2N2O3. The van der Waals surface area contributed by atoms with Crippen molar-refractivity contribution in [1.82, 2.24) is 5.32 Å². The number of esters is 1. The van der Waals surface area contributed by atoms with Gasteiger partial charge in [-0.15, -0.1) is 0 Å². The zero-order valence-electron chi connectivity index (χ0n) is 12.4. The van der Waals surface area contributed by atoms with Gasteiger partial charge in [-0.3, -0.25) is 4.79 Å². The van der Waals surface area contributed by atoms with E-state index in [4.69, 9.17) is 27.9 Å². The highest BCUT2D eigenvalue weighted by atomic mass is 35.5. The van der Waals surface area contributed by atoms with Crippen LogP contribution in [0.15, 0.2) is 12.1 Å². The van der Waals surface area contributed by atoms with Crippen LogP contribution in [0.3, 0.4) is 0 Å². The third kappa shape index (κ3) is 3.65. The molecule has 2 unspecified atom stereocenters. The van der Waals surface area contributed by atoms with Crippen molar-refractivity contribution in [2.45, 2.75) is 38.3 Å². The van der Waals surface area contributed by atoms with Crippen LogP contribution in [0.2, 0.25) is 10.0 Å². The first-order chi connectivity index (χ1) is 10.5. The Morgan fingerprint density at radius 3 is 2.77 bits per heavy atom. The van der Waals surface area contributed by atoms with E-state index in [1.165, 1.54) is 7.11 Å². The Labute approximate surface area is 139 Å². The van der Waals surface area contributed by atoms with Gasteiger partial charge in [0.1, 0.15) is 6.04 Å². The van der Waals surface area contributed by atoms with Gasteiger partial charge in [0.25, 0.3) is 0 Å². The summed E-state index contributed by atoms with van der Waals surface area (Å²) in [4.78, 5) is 23.8. The number of methoxy groups -OCH3 is 1. The van der Waals surface area contributed by atoms with E-state index in [1.54, 1.807) is 12.1 Å². The van der Waals surface area contributed by atoms with Crippen molar-refractivity contribution in [2.24, 2.45) is 0 Å². The second kappa shape index (κ2) is 7.20. The molecule has 0 fully saturated rings. The van der Waals surface area contributed by atoms with Crippen molar-refractivity contribution >= 4 is 40.8 Å². The van der Waals surface area contributed by atoms with E-state index in [2.05, 4.69) is 10.6 Å². The van der Waals surface area contributed by atoms with Crippen LogP contribution in [0.1, 0.15) is 37.8 Å². The summed E-state index contributed by atoms with van der Waals surface area (Å²) in [5.41, 5.74) is 1.39. The van der Waals surface area contributed by atoms with Crippen molar-refractivity contribution < 1.29 is 14.3 Å². The molecule has 0 radical (unpaired) electrons. The first-order valence-corrected chi connectivity index (χ1v) is 7.84. The molecule has 0 bridgehead atoms. The Morgan fingerprint density at radius 1 is 1.41 bits per heavy atom. The second-order valence-corrected chi connectivity index (χ2v) is 6.02. The maximum absolute atomic E-state index is 11.9. The van der Waals surface area contributed by atoms with Crippen LogP contribution < -0.4 is 10.6 Å². The van der Waals surface area contributed by atoms with Crippen LogP contribution in [0, 0.1) is 0 Å². The maximum Gasteiger partial charge on any atom is 0.328 e. The van der Waals surface area contributed by atoms with Gasteiger partial charge in [0.05, 0.1) is 13.2 Å². The predicted molar refractivity (Wildman–Crippen MR) is 86.3 cm³/mol. The quantitative estimate of drug-likeness (QED) is 0.822. The molecule has 22 heavy (non-hydrogen) atoms. The van der Waals surface area contributed by atoms with Gasteiger partial charge in [0.2, 0.25) is 5.91 Å². The fourth-order valence-electron chi connectivity index (χ4n) is 2.58. The van der Waals surface area contributed by atoms with Crippen LogP contribution in [0.4, 0.5) is 5.69 Å². The van der Waals surface area contributed by atoms with E-state index in [-0.39, 0.29) is 11.9 Å². The lowest BCUT2D eigenvalue weighted by molar-refractivity contribution is -0.142. The van der Waals surface area contributed by atoms with Crippen LogP contribution in [-0.2, 0) is 14.3 Å². The average molecular weight is 345 g/mol. The van der Waals surface area contributed by atoms with Crippen molar-refractivity contribution in [2.75, 3.05) is 12.4 Å². The van der Waals surface area contributed by atoms with E-state index < -0.39 is 12.0 Å². The van der Waals surface area contributed by atoms with E-state index >= 15 is 0 Å². The monoisotopic (exact) mass is 344 g/mol. The normalized spacial score (nSPS) is 19.8. The minimum atomic E-state index is -0.557. The largest absolute Gasteiger partial charge is 0.467 e. The average Bonchev–Trinajstić information content (AvgIpc) is 2.45. The summed E-state index contributed by atoms with van der Waals surface area (Å²) in [5.74, 6) is -0.466. The maximum atomic E-state index is 11.9. The zero-order chi connectivity index (χ0) is 16.3. The van der Waals surface area contributed by atoms with Gasteiger partial charge in [0, 0.05) is 34.1 Å². The third-order valence-corrected chi connectivity index (χ3v) is 4.07. The molecule has 2 rings (SSSR count). The van der Waals surface area contributed by atoms with Gasteiger partial charge < -0.3 is 15.4 Å². The van der Waals surface area contributed by atoms with Crippen molar-refractivity contribution in [3.05, 3.63) is 27.7 Å². The Hall–Kier alpha value is -1.46.